The third-order valence-corrected chi connectivity index (χ3v) is 10.9. The summed E-state index contributed by atoms with van der Waals surface area (Å²) in [6.07, 6.45) is 2.57. The van der Waals surface area contributed by atoms with Crippen LogP contribution in [0.1, 0.15) is 29.8 Å². The zero-order valence-corrected chi connectivity index (χ0v) is 29.9. The average molecular weight is 749 g/mol. The second-order valence-corrected chi connectivity index (χ2v) is 14.4. The van der Waals surface area contributed by atoms with Crippen LogP contribution in [0.4, 0.5) is 11.5 Å². The number of aromatic nitrogens is 3. The van der Waals surface area contributed by atoms with E-state index in [9.17, 15) is 19.8 Å². The molecule has 12 nitrogen and oxygen atoms in total. The Balaban J connectivity index is 1.11. The van der Waals surface area contributed by atoms with Gasteiger partial charge in [0.25, 0.3) is 0 Å². The predicted octanol–water partition coefficient (Wildman–Crippen LogP) is 5.87. The third kappa shape index (κ3) is 7.50. The number of β-amino-alcohol motifs (C(OH)–C–C–N with tert-alkyl or cyclic N) is 1. The molecule has 0 saturated carbocycles. The summed E-state index contributed by atoms with van der Waals surface area (Å²) in [4.78, 5) is 39.1. The molecule has 5 heterocycles. The van der Waals surface area contributed by atoms with Crippen LogP contribution >= 0.6 is 34.5 Å². The van der Waals surface area contributed by atoms with E-state index in [0.717, 1.165) is 27.3 Å². The normalized spacial score (nSPS) is 19.1. The third-order valence-electron chi connectivity index (χ3n) is 9.10. The number of nitrogens with one attached hydrogen (secondary N) is 3. The second-order valence-electron chi connectivity index (χ2n) is 12.5. The van der Waals surface area contributed by atoms with Gasteiger partial charge in [-0.1, -0.05) is 59.6 Å². The molecule has 0 radical (unpaired) electrons. The predicted molar refractivity (Wildman–Crippen MR) is 198 cm³/mol. The molecule has 7 rings (SSSR count). The molecule has 0 aliphatic carbocycles. The van der Waals surface area contributed by atoms with Gasteiger partial charge in [-0.15, -0.1) is 11.3 Å². The van der Waals surface area contributed by atoms with E-state index in [2.05, 4.69) is 20.9 Å². The quantitative estimate of drug-likeness (QED) is 0.104. The van der Waals surface area contributed by atoms with Gasteiger partial charge in [0.15, 0.2) is 5.82 Å². The Morgan fingerprint density at radius 2 is 1.86 bits per heavy atom. The maximum atomic E-state index is 11.7. The zero-order chi connectivity index (χ0) is 35.6. The maximum absolute atomic E-state index is 11.7. The van der Waals surface area contributed by atoms with Crippen LogP contribution in [-0.2, 0) is 22.7 Å². The number of fused-ring (bicyclic) bond motifs is 1. The molecule has 5 N–H and O–H groups in total. The Bertz CT molecular complexity index is 2110. The number of benzene rings is 2. The van der Waals surface area contributed by atoms with Crippen molar-refractivity contribution < 1.29 is 24.5 Å². The number of aliphatic hydroxyl groups is 1. The minimum atomic E-state index is -0.956. The Morgan fingerprint density at radius 1 is 1.08 bits per heavy atom. The molecule has 0 unspecified atom stereocenters. The molecule has 3 atom stereocenters. The van der Waals surface area contributed by atoms with E-state index in [1.54, 1.807) is 18.2 Å². The van der Waals surface area contributed by atoms with Crippen molar-refractivity contribution in [3.05, 3.63) is 81.4 Å². The number of halogens is 2. The number of carbonyl (C=O) groups is 2. The molecule has 51 heavy (non-hydrogen) atoms. The Hall–Kier alpha value is -4.37. The van der Waals surface area contributed by atoms with Crippen molar-refractivity contribution in [3.8, 4) is 28.3 Å². The standard InChI is InChI=1S/C36H35Cl2N7O5S/c1-50-35-19(15-39-16-20-9-11-29(47)41-20)8-10-25(43-35)24-6-2-4-22(31(24)37)23-5-3-7-26(32(23)38)42-34-33-28(12-13-40-34)51-30(44-33)18-45-17-21(46)14-27(45)36(48)49/h2-8,10,12-13,20-21,27,39,46H,9,11,14-18H2,1H3,(H,40,42)(H,41,47)(H,48,49)/t20-,21-,27-/m0/s1. The van der Waals surface area contributed by atoms with E-state index in [4.69, 9.17) is 37.9 Å². The van der Waals surface area contributed by atoms with Gasteiger partial charge >= 0.3 is 5.97 Å². The highest BCUT2D eigenvalue weighted by atomic mass is 35.5. The lowest BCUT2D eigenvalue weighted by molar-refractivity contribution is -0.142. The summed E-state index contributed by atoms with van der Waals surface area (Å²) < 4.78 is 6.52. The van der Waals surface area contributed by atoms with E-state index in [-0.39, 0.29) is 24.9 Å². The van der Waals surface area contributed by atoms with Crippen molar-refractivity contribution >= 4 is 68.1 Å². The van der Waals surface area contributed by atoms with Crippen LogP contribution in [-0.4, -0.2) is 80.3 Å². The molecule has 15 heteroatoms. The molecule has 5 aromatic rings. The van der Waals surface area contributed by atoms with Crippen LogP contribution in [0.5, 0.6) is 5.88 Å². The van der Waals surface area contributed by atoms with Gasteiger partial charge in [-0.25, -0.2) is 15.0 Å². The summed E-state index contributed by atoms with van der Waals surface area (Å²) in [6, 6.07) is 16.4. The number of rotatable bonds is 12. The number of pyridine rings is 2. The number of hydrogen-bond acceptors (Lipinski definition) is 11. The van der Waals surface area contributed by atoms with Gasteiger partial charge < -0.3 is 30.9 Å². The van der Waals surface area contributed by atoms with E-state index >= 15 is 0 Å². The highest BCUT2D eigenvalue weighted by Gasteiger charge is 2.36. The zero-order valence-electron chi connectivity index (χ0n) is 27.5. The molecule has 2 aliphatic rings. The van der Waals surface area contributed by atoms with Crippen LogP contribution < -0.4 is 20.7 Å². The van der Waals surface area contributed by atoms with Crippen molar-refractivity contribution in [2.24, 2.45) is 0 Å². The fourth-order valence-corrected chi connectivity index (χ4v) is 8.18. The molecule has 2 aliphatic heterocycles. The van der Waals surface area contributed by atoms with Crippen molar-refractivity contribution in [2.45, 2.75) is 50.5 Å². The summed E-state index contributed by atoms with van der Waals surface area (Å²) in [6.45, 7) is 1.77. The molecular formula is C36H35Cl2N7O5S. The number of anilines is 2. The number of thiazole rings is 1. The summed E-state index contributed by atoms with van der Waals surface area (Å²) in [5.74, 6) is 0.114. The number of hydrogen-bond donors (Lipinski definition) is 5. The van der Waals surface area contributed by atoms with Crippen LogP contribution in [0, 0.1) is 0 Å². The molecule has 0 bridgehead atoms. The van der Waals surface area contributed by atoms with Gasteiger partial charge in [0.2, 0.25) is 11.8 Å². The first-order valence-corrected chi connectivity index (χ1v) is 18.0. The van der Waals surface area contributed by atoms with Gasteiger partial charge in [0.05, 0.1) is 45.9 Å². The first-order valence-electron chi connectivity index (χ1n) is 16.5. The lowest BCUT2D eigenvalue weighted by Gasteiger charge is -2.18. The number of ether oxygens (including phenoxy) is 1. The number of carboxylic acids is 1. The summed E-state index contributed by atoms with van der Waals surface area (Å²) >= 11 is 15.6. The van der Waals surface area contributed by atoms with Crippen molar-refractivity contribution in [1.82, 2.24) is 30.5 Å². The van der Waals surface area contributed by atoms with Crippen molar-refractivity contribution in [1.29, 1.82) is 0 Å². The fraction of sp³-hybridized carbons (Fsp3) is 0.306. The van der Waals surface area contributed by atoms with Gasteiger partial charge in [0, 0.05) is 67.0 Å². The van der Waals surface area contributed by atoms with E-state index in [1.165, 1.54) is 11.3 Å². The number of methoxy groups -OCH3 is 1. The fourth-order valence-electron chi connectivity index (χ4n) is 6.59. The number of carbonyl (C=O) groups excluding carboxylic acids is 1. The molecular weight excluding hydrogens is 713 g/mol. The summed E-state index contributed by atoms with van der Waals surface area (Å²) in [7, 11) is 1.58. The van der Waals surface area contributed by atoms with Gasteiger partial charge in [-0.2, -0.15) is 0 Å². The lowest BCUT2D eigenvalue weighted by atomic mass is 10.00. The molecule has 0 spiro atoms. The van der Waals surface area contributed by atoms with E-state index in [0.29, 0.717) is 75.8 Å². The van der Waals surface area contributed by atoms with Crippen LogP contribution in [0.3, 0.4) is 0 Å². The molecule has 1 amide bonds. The van der Waals surface area contributed by atoms with Crippen molar-refractivity contribution in [3.63, 3.8) is 0 Å². The Morgan fingerprint density at radius 3 is 2.63 bits per heavy atom. The summed E-state index contributed by atoms with van der Waals surface area (Å²) in [5, 5.41) is 31.0. The first kappa shape index (κ1) is 35.1. The minimum Gasteiger partial charge on any atom is -0.481 e. The molecule has 2 fully saturated rings. The van der Waals surface area contributed by atoms with E-state index < -0.39 is 18.1 Å². The minimum absolute atomic E-state index is 0.0870. The van der Waals surface area contributed by atoms with Gasteiger partial charge in [-0.05, 0) is 24.6 Å². The van der Waals surface area contributed by atoms with Crippen LogP contribution in [0.15, 0.2) is 60.8 Å². The lowest BCUT2D eigenvalue weighted by Crippen LogP contribution is -2.35. The maximum Gasteiger partial charge on any atom is 0.321 e. The Kier molecular flexibility index (Phi) is 10.4. The van der Waals surface area contributed by atoms with Gasteiger partial charge in [0.1, 0.15) is 16.6 Å². The average Bonchev–Trinajstić information content (AvgIpc) is 3.84. The highest BCUT2D eigenvalue weighted by Crippen LogP contribution is 2.42. The topological polar surface area (TPSA) is 162 Å². The molecule has 3 aromatic heterocycles. The first-order chi connectivity index (χ1) is 24.7. The number of aliphatic hydroxyl groups excluding tert-OH is 1. The summed E-state index contributed by atoms with van der Waals surface area (Å²) in [5.41, 5.74) is 4.91. The largest absolute Gasteiger partial charge is 0.481 e. The number of carboxylic acid groups (broad SMARTS) is 1. The number of likely N-dealkylation sites (tertiary alicyclic amines) is 1. The smallest absolute Gasteiger partial charge is 0.321 e. The second kappa shape index (κ2) is 15.1. The number of amides is 1. The monoisotopic (exact) mass is 747 g/mol. The molecule has 2 saturated heterocycles. The SMILES string of the molecule is COc1nc(-c2cccc(-c3cccc(Nc4nccc5sc(CN6C[C@@H](O)C[C@H]6C(=O)O)nc45)c3Cl)c2Cl)ccc1CNC[C@@H]1CCC(=O)N1. The highest BCUT2D eigenvalue weighted by molar-refractivity contribution is 7.18. The van der Waals surface area contributed by atoms with E-state index in [1.807, 2.05) is 54.6 Å². The Labute approximate surface area is 307 Å². The number of aliphatic carboxylic acids is 1. The van der Waals surface area contributed by atoms with Crippen LogP contribution in [0.25, 0.3) is 32.6 Å². The van der Waals surface area contributed by atoms with Gasteiger partial charge in [-0.3, -0.25) is 14.5 Å². The van der Waals surface area contributed by atoms with Crippen molar-refractivity contribution in [2.75, 3.05) is 25.5 Å². The van der Waals surface area contributed by atoms with Crippen LogP contribution in [0.2, 0.25) is 10.0 Å². The molecule has 2 aromatic carbocycles. The number of nitrogens with zero attached hydrogens (tertiary/aromatic N) is 4. The molecule has 264 valence electrons.